The maximum Gasteiger partial charge on any atom is 0.170 e. The number of nitrogens with one attached hydrogen (secondary N) is 1. The summed E-state index contributed by atoms with van der Waals surface area (Å²) in [6, 6.07) is 0. The van der Waals surface area contributed by atoms with Crippen molar-refractivity contribution in [3.05, 3.63) is 0 Å². The molecule has 5 heteroatoms. The van der Waals surface area contributed by atoms with Crippen LogP contribution in [-0.2, 0) is 9.47 Å². The first-order chi connectivity index (χ1) is 4.86. The second-order valence-electron chi connectivity index (χ2n) is 2.26. The summed E-state index contributed by atoms with van der Waals surface area (Å²) in [5.41, 5.74) is 0. The smallest absolute Gasteiger partial charge is 0.170 e. The van der Waals surface area contributed by atoms with Crippen LogP contribution in [0.2, 0.25) is 0 Å². The molecule has 0 aromatic rings. The van der Waals surface area contributed by atoms with E-state index in [2.05, 4.69) is 5.32 Å². The van der Waals surface area contributed by atoms with Crippen molar-refractivity contribution in [2.45, 2.75) is 12.4 Å². The number of hydrogen-bond acceptors (Lipinski definition) is 4. The molecule has 0 unspecified atom stereocenters. The molecule has 0 aromatic heterocycles. The van der Waals surface area contributed by atoms with Crippen molar-refractivity contribution in [1.82, 2.24) is 5.32 Å². The Bertz CT molecular complexity index is 93.8. The summed E-state index contributed by atoms with van der Waals surface area (Å²) in [6.07, 6.45) is -0.315. The molecule has 11 heavy (non-hydrogen) atoms. The minimum atomic E-state index is -0.203. The topological polar surface area (TPSA) is 50.7 Å². The summed E-state index contributed by atoms with van der Waals surface area (Å²) in [5.74, 6) is 0. The minimum absolute atomic E-state index is 0. The molecule has 0 spiro atoms. The average Bonchev–Trinajstić information content (AvgIpc) is 2.05. The molecule has 0 radical (unpaired) electrons. The van der Waals surface area contributed by atoms with Crippen molar-refractivity contribution >= 4 is 12.4 Å². The third-order valence-corrected chi connectivity index (χ3v) is 1.49. The van der Waals surface area contributed by atoms with E-state index in [4.69, 9.17) is 14.6 Å². The van der Waals surface area contributed by atoms with E-state index in [0.29, 0.717) is 13.1 Å². The molecule has 1 rings (SSSR count). The third-order valence-electron chi connectivity index (χ3n) is 1.49. The van der Waals surface area contributed by atoms with Gasteiger partial charge in [0.05, 0.1) is 12.7 Å². The summed E-state index contributed by atoms with van der Waals surface area (Å²) in [5, 5.41) is 11.8. The van der Waals surface area contributed by atoms with E-state index < -0.39 is 0 Å². The molecule has 2 atom stereocenters. The van der Waals surface area contributed by atoms with Crippen LogP contribution in [0.15, 0.2) is 0 Å². The first-order valence-corrected chi connectivity index (χ1v) is 3.36. The fourth-order valence-electron chi connectivity index (χ4n) is 0.920. The SMILES string of the molecule is CO[C@@H]1CNC[C@@H](CO)O1.Cl. The highest BCUT2D eigenvalue weighted by molar-refractivity contribution is 5.85. The van der Waals surface area contributed by atoms with Crippen LogP contribution in [0, 0.1) is 0 Å². The molecule has 4 nitrogen and oxygen atoms in total. The van der Waals surface area contributed by atoms with Gasteiger partial charge in [-0.3, -0.25) is 0 Å². The normalized spacial score (nSPS) is 31.1. The molecule has 0 amide bonds. The van der Waals surface area contributed by atoms with E-state index in [1.165, 1.54) is 0 Å². The monoisotopic (exact) mass is 183 g/mol. The lowest BCUT2D eigenvalue weighted by Crippen LogP contribution is -2.46. The van der Waals surface area contributed by atoms with Gasteiger partial charge in [0.1, 0.15) is 0 Å². The fraction of sp³-hybridized carbons (Fsp3) is 1.00. The van der Waals surface area contributed by atoms with Gasteiger partial charge in [0, 0.05) is 20.2 Å². The van der Waals surface area contributed by atoms with Gasteiger partial charge in [-0.2, -0.15) is 0 Å². The highest BCUT2D eigenvalue weighted by Crippen LogP contribution is 2.02. The van der Waals surface area contributed by atoms with E-state index in [9.17, 15) is 0 Å². The average molecular weight is 184 g/mol. The molecular formula is C6H14ClNO3. The van der Waals surface area contributed by atoms with Crippen LogP contribution < -0.4 is 5.32 Å². The summed E-state index contributed by atoms with van der Waals surface area (Å²) < 4.78 is 10.2. The Kier molecular flexibility index (Phi) is 5.81. The van der Waals surface area contributed by atoms with Crippen LogP contribution in [0.5, 0.6) is 0 Å². The molecule has 0 bridgehead atoms. The van der Waals surface area contributed by atoms with Crippen LogP contribution in [-0.4, -0.2) is 44.3 Å². The standard InChI is InChI=1S/C6H13NO3.ClH/c1-9-6-3-7-2-5(4-8)10-6;/h5-8H,2-4H2,1H3;1H/t5-,6-;/m0./s1. The molecule has 1 fully saturated rings. The number of ether oxygens (including phenoxy) is 2. The van der Waals surface area contributed by atoms with E-state index in [1.54, 1.807) is 7.11 Å². The lowest BCUT2D eigenvalue weighted by Gasteiger charge is -2.28. The van der Waals surface area contributed by atoms with Crippen LogP contribution in [0.3, 0.4) is 0 Å². The van der Waals surface area contributed by atoms with Gasteiger partial charge in [0.2, 0.25) is 0 Å². The Balaban J connectivity index is 0.000001000. The predicted octanol–water partition coefficient (Wildman–Crippen LogP) is -0.639. The molecular weight excluding hydrogens is 170 g/mol. The summed E-state index contributed by atoms with van der Waals surface area (Å²) in [4.78, 5) is 0. The molecule has 1 aliphatic rings. The zero-order chi connectivity index (χ0) is 7.40. The van der Waals surface area contributed by atoms with Gasteiger partial charge >= 0.3 is 0 Å². The maximum atomic E-state index is 8.68. The first kappa shape index (κ1) is 11.1. The number of morpholine rings is 1. The van der Waals surface area contributed by atoms with Crippen molar-refractivity contribution in [1.29, 1.82) is 0 Å². The van der Waals surface area contributed by atoms with E-state index in [-0.39, 0.29) is 31.4 Å². The van der Waals surface area contributed by atoms with E-state index in [1.807, 2.05) is 0 Å². The lowest BCUT2D eigenvalue weighted by atomic mass is 10.3. The molecule has 1 heterocycles. The van der Waals surface area contributed by atoms with Crippen LogP contribution in [0.4, 0.5) is 0 Å². The molecule has 0 aliphatic carbocycles. The number of aliphatic hydroxyl groups excluding tert-OH is 1. The van der Waals surface area contributed by atoms with Gasteiger partial charge in [-0.15, -0.1) is 12.4 Å². The van der Waals surface area contributed by atoms with Crippen LogP contribution >= 0.6 is 12.4 Å². The van der Waals surface area contributed by atoms with Crippen molar-refractivity contribution in [2.24, 2.45) is 0 Å². The highest BCUT2D eigenvalue weighted by atomic mass is 35.5. The molecule has 2 N–H and O–H groups in total. The van der Waals surface area contributed by atoms with Crippen molar-refractivity contribution in [2.75, 3.05) is 26.8 Å². The lowest BCUT2D eigenvalue weighted by molar-refractivity contribution is -0.177. The number of hydrogen-bond donors (Lipinski definition) is 2. The first-order valence-electron chi connectivity index (χ1n) is 3.36. The van der Waals surface area contributed by atoms with Gasteiger partial charge in [-0.05, 0) is 0 Å². The molecule has 0 aromatic carbocycles. The van der Waals surface area contributed by atoms with Gasteiger partial charge in [-0.25, -0.2) is 0 Å². The number of methoxy groups -OCH3 is 1. The Hall–Kier alpha value is 0.130. The number of rotatable bonds is 2. The minimum Gasteiger partial charge on any atom is -0.394 e. The summed E-state index contributed by atoms with van der Waals surface area (Å²) >= 11 is 0. The van der Waals surface area contributed by atoms with E-state index in [0.717, 1.165) is 0 Å². The Labute approximate surface area is 72.3 Å². The predicted molar refractivity (Wildman–Crippen MR) is 42.9 cm³/mol. The van der Waals surface area contributed by atoms with Gasteiger partial charge < -0.3 is 19.9 Å². The Morgan fingerprint density at radius 2 is 2.36 bits per heavy atom. The Morgan fingerprint density at radius 1 is 1.64 bits per heavy atom. The van der Waals surface area contributed by atoms with Gasteiger partial charge in [-0.1, -0.05) is 0 Å². The highest BCUT2D eigenvalue weighted by Gasteiger charge is 2.20. The number of halogens is 1. The molecule has 1 aliphatic heterocycles. The van der Waals surface area contributed by atoms with Crippen LogP contribution in [0.1, 0.15) is 0 Å². The van der Waals surface area contributed by atoms with E-state index >= 15 is 0 Å². The summed E-state index contributed by atoms with van der Waals surface area (Å²) in [7, 11) is 1.59. The van der Waals surface area contributed by atoms with Gasteiger partial charge in [0.25, 0.3) is 0 Å². The summed E-state index contributed by atoms with van der Waals surface area (Å²) in [6.45, 7) is 1.45. The van der Waals surface area contributed by atoms with Crippen molar-refractivity contribution in [3.8, 4) is 0 Å². The quantitative estimate of drug-likeness (QED) is 0.598. The molecule has 0 saturated carbocycles. The third kappa shape index (κ3) is 3.35. The largest absolute Gasteiger partial charge is 0.394 e. The molecule has 68 valence electrons. The Morgan fingerprint density at radius 3 is 2.91 bits per heavy atom. The zero-order valence-corrected chi connectivity index (χ0v) is 7.26. The van der Waals surface area contributed by atoms with Crippen LogP contribution in [0.25, 0.3) is 0 Å². The maximum absolute atomic E-state index is 8.68. The second-order valence-corrected chi connectivity index (χ2v) is 2.26. The fourth-order valence-corrected chi connectivity index (χ4v) is 0.920. The van der Waals surface area contributed by atoms with Crippen molar-refractivity contribution in [3.63, 3.8) is 0 Å². The van der Waals surface area contributed by atoms with Gasteiger partial charge in [0.15, 0.2) is 6.29 Å². The molecule has 1 saturated heterocycles. The van der Waals surface area contributed by atoms with Crippen molar-refractivity contribution < 1.29 is 14.6 Å². The number of aliphatic hydroxyl groups is 1. The zero-order valence-electron chi connectivity index (χ0n) is 6.45. The second kappa shape index (κ2) is 5.74.